The molecular formula is C20H20N6O2. The number of H-pyrrole nitrogens is 1. The number of hydrazone groups is 1. The van der Waals surface area contributed by atoms with E-state index >= 15 is 0 Å². The molecule has 8 heteroatoms. The molecule has 0 aliphatic rings. The van der Waals surface area contributed by atoms with Crippen LogP contribution in [0.1, 0.15) is 32.9 Å². The van der Waals surface area contributed by atoms with Crippen molar-refractivity contribution < 1.29 is 9.90 Å². The maximum Gasteiger partial charge on any atom is 0.291 e. The van der Waals surface area contributed by atoms with Gasteiger partial charge in [-0.15, -0.1) is 0 Å². The van der Waals surface area contributed by atoms with Crippen molar-refractivity contribution in [3.05, 3.63) is 70.5 Å². The average Bonchev–Trinajstić information content (AvgIpc) is 3.11. The topological polar surface area (TPSA) is 115 Å². The van der Waals surface area contributed by atoms with Crippen molar-refractivity contribution in [3.8, 4) is 5.75 Å². The van der Waals surface area contributed by atoms with E-state index in [1.54, 1.807) is 25.1 Å². The summed E-state index contributed by atoms with van der Waals surface area (Å²) in [5.41, 5.74) is 7.38. The number of aryl methyl sites for hydroxylation is 3. The Kier molecular flexibility index (Phi) is 5.59. The zero-order chi connectivity index (χ0) is 20.1. The number of carbonyl (C=O) groups excluding carboxylic acids is 1. The van der Waals surface area contributed by atoms with Gasteiger partial charge in [-0.1, -0.05) is 6.07 Å². The second kappa shape index (κ2) is 8.26. The van der Waals surface area contributed by atoms with Crippen molar-refractivity contribution >= 4 is 23.5 Å². The molecule has 0 fully saturated rings. The van der Waals surface area contributed by atoms with Crippen LogP contribution in [0.25, 0.3) is 0 Å². The Bertz CT molecular complexity index is 1070. The molecule has 0 saturated carbocycles. The van der Waals surface area contributed by atoms with Crippen LogP contribution in [0.4, 0.5) is 11.4 Å². The lowest BCUT2D eigenvalue weighted by atomic mass is 10.1. The molecule has 0 saturated heterocycles. The number of carbonyl (C=O) groups is 1. The number of phenolic OH excluding ortho intramolecular Hbond substituents is 1. The number of benzene rings is 2. The molecule has 0 spiro atoms. The average molecular weight is 376 g/mol. The van der Waals surface area contributed by atoms with E-state index in [0.717, 1.165) is 16.9 Å². The third-order valence-electron chi connectivity index (χ3n) is 4.09. The quantitative estimate of drug-likeness (QED) is 0.352. The first-order valence-corrected chi connectivity index (χ1v) is 8.60. The molecule has 1 amide bonds. The molecule has 3 aromatic rings. The summed E-state index contributed by atoms with van der Waals surface area (Å²) in [7, 11) is 0. The molecule has 0 radical (unpaired) electrons. The summed E-state index contributed by atoms with van der Waals surface area (Å²) < 4.78 is 0. The lowest BCUT2D eigenvalue weighted by Crippen LogP contribution is -2.18. The SMILES string of the molecule is Cc1cc(C(=O)N/N=C/c2cc(N=Nc3ccc(C)c(C)c3)ccc2O)n[nH]1. The highest BCUT2D eigenvalue weighted by atomic mass is 16.3. The van der Waals surface area contributed by atoms with Crippen molar-refractivity contribution in [2.75, 3.05) is 0 Å². The van der Waals surface area contributed by atoms with Crippen molar-refractivity contribution in [1.29, 1.82) is 0 Å². The molecule has 1 heterocycles. The van der Waals surface area contributed by atoms with E-state index in [1.807, 2.05) is 32.0 Å². The van der Waals surface area contributed by atoms with E-state index < -0.39 is 5.91 Å². The number of rotatable bonds is 5. The minimum absolute atomic E-state index is 0.0127. The smallest absolute Gasteiger partial charge is 0.291 e. The first-order chi connectivity index (χ1) is 13.4. The number of azo groups is 1. The molecule has 28 heavy (non-hydrogen) atoms. The molecule has 0 unspecified atom stereocenters. The van der Waals surface area contributed by atoms with Gasteiger partial charge in [0.15, 0.2) is 5.69 Å². The lowest BCUT2D eigenvalue weighted by Gasteiger charge is -2.01. The molecule has 3 rings (SSSR count). The van der Waals surface area contributed by atoms with Gasteiger partial charge in [0.25, 0.3) is 5.91 Å². The molecule has 8 nitrogen and oxygen atoms in total. The van der Waals surface area contributed by atoms with Crippen molar-refractivity contribution in [3.63, 3.8) is 0 Å². The number of nitrogens with one attached hydrogen (secondary N) is 2. The number of hydrogen-bond acceptors (Lipinski definition) is 6. The minimum atomic E-state index is -0.453. The van der Waals surface area contributed by atoms with Crippen molar-refractivity contribution in [1.82, 2.24) is 15.6 Å². The lowest BCUT2D eigenvalue weighted by molar-refractivity contribution is 0.0950. The number of nitrogens with zero attached hydrogens (tertiary/aromatic N) is 4. The highest BCUT2D eigenvalue weighted by molar-refractivity contribution is 5.93. The van der Waals surface area contributed by atoms with E-state index in [2.05, 4.69) is 31.0 Å². The number of aromatic hydroxyl groups is 1. The first-order valence-electron chi connectivity index (χ1n) is 8.60. The summed E-state index contributed by atoms with van der Waals surface area (Å²) in [6.07, 6.45) is 1.34. The van der Waals surface area contributed by atoms with Crippen LogP contribution >= 0.6 is 0 Å². The number of phenols is 1. The number of aromatic amines is 1. The molecular weight excluding hydrogens is 356 g/mol. The highest BCUT2D eigenvalue weighted by Gasteiger charge is 2.07. The number of aromatic nitrogens is 2. The van der Waals surface area contributed by atoms with Crippen LogP contribution < -0.4 is 5.43 Å². The normalized spacial score (nSPS) is 11.4. The Morgan fingerprint density at radius 1 is 1.04 bits per heavy atom. The first kappa shape index (κ1) is 19.0. The van der Waals surface area contributed by atoms with Gasteiger partial charge in [0, 0.05) is 11.3 Å². The fraction of sp³-hybridized carbons (Fsp3) is 0.150. The van der Waals surface area contributed by atoms with E-state index in [9.17, 15) is 9.90 Å². The fourth-order valence-corrected chi connectivity index (χ4v) is 2.36. The van der Waals surface area contributed by atoms with Gasteiger partial charge in [-0.05, 0) is 68.3 Å². The van der Waals surface area contributed by atoms with Gasteiger partial charge in [0.05, 0.1) is 17.6 Å². The Labute approximate surface area is 162 Å². The predicted octanol–water partition coefficient (Wildman–Crippen LogP) is 4.22. The largest absolute Gasteiger partial charge is 0.507 e. The maximum atomic E-state index is 11.9. The van der Waals surface area contributed by atoms with E-state index in [0.29, 0.717) is 11.3 Å². The molecule has 2 aromatic carbocycles. The summed E-state index contributed by atoms with van der Waals surface area (Å²) >= 11 is 0. The second-order valence-corrected chi connectivity index (χ2v) is 6.35. The molecule has 142 valence electrons. The molecule has 0 aliphatic heterocycles. The third-order valence-corrected chi connectivity index (χ3v) is 4.09. The fourth-order valence-electron chi connectivity index (χ4n) is 2.36. The number of amides is 1. The Morgan fingerprint density at radius 2 is 1.75 bits per heavy atom. The van der Waals surface area contributed by atoms with Crippen LogP contribution in [0.5, 0.6) is 5.75 Å². The summed E-state index contributed by atoms with van der Waals surface area (Å²) in [6.45, 7) is 5.85. The molecule has 0 atom stereocenters. The van der Waals surface area contributed by atoms with Crippen LogP contribution in [-0.4, -0.2) is 27.4 Å². The standard InChI is InChI=1S/C20H20N6O2/c1-12-4-5-16(8-13(12)2)23-24-17-6-7-19(27)15(10-17)11-21-26-20(28)18-9-14(3)22-25-18/h4-11,27H,1-3H3,(H,22,25)(H,26,28)/b21-11+,24-23?. The zero-order valence-corrected chi connectivity index (χ0v) is 15.8. The van der Waals surface area contributed by atoms with E-state index in [4.69, 9.17) is 0 Å². The Morgan fingerprint density at radius 3 is 2.43 bits per heavy atom. The van der Waals surface area contributed by atoms with Crippen molar-refractivity contribution in [2.24, 2.45) is 15.3 Å². The van der Waals surface area contributed by atoms with Gasteiger partial charge in [-0.25, -0.2) is 5.43 Å². The van der Waals surface area contributed by atoms with E-state index in [1.165, 1.54) is 17.8 Å². The maximum absolute atomic E-state index is 11.9. The van der Waals surface area contributed by atoms with E-state index in [-0.39, 0.29) is 11.4 Å². The van der Waals surface area contributed by atoms with Gasteiger partial charge in [-0.2, -0.15) is 20.4 Å². The Balaban J connectivity index is 1.71. The van der Waals surface area contributed by atoms with Crippen LogP contribution in [-0.2, 0) is 0 Å². The number of hydrogen-bond donors (Lipinski definition) is 3. The van der Waals surface area contributed by atoms with Crippen LogP contribution in [0, 0.1) is 20.8 Å². The Hall–Kier alpha value is -3.81. The van der Waals surface area contributed by atoms with Crippen molar-refractivity contribution in [2.45, 2.75) is 20.8 Å². The summed E-state index contributed by atoms with van der Waals surface area (Å²) in [4.78, 5) is 11.9. The second-order valence-electron chi connectivity index (χ2n) is 6.35. The van der Waals surface area contributed by atoms with Gasteiger partial charge in [0.2, 0.25) is 0 Å². The van der Waals surface area contributed by atoms with Crippen LogP contribution in [0.2, 0.25) is 0 Å². The minimum Gasteiger partial charge on any atom is -0.507 e. The zero-order valence-electron chi connectivity index (χ0n) is 15.8. The molecule has 0 bridgehead atoms. The highest BCUT2D eigenvalue weighted by Crippen LogP contribution is 2.25. The summed E-state index contributed by atoms with van der Waals surface area (Å²) in [6, 6.07) is 12.2. The molecule has 3 N–H and O–H groups in total. The monoisotopic (exact) mass is 376 g/mol. The van der Waals surface area contributed by atoms with Crippen LogP contribution in [0.3, 0.4) is 0 Å². The van der Waals surface area contributed by atoms with Crippen LogP contribution in [0.15, 0.2) is 57.8 Å². The van der Waals surface area contributed by atoms with Gasteiger partial charge in [-0.3, -0.25) is 9.89 Å². The van der Waals surface area contributed by atoms with Gasteiger partial charge in [0.1, 0.15) is 5.75 Å². The van der Waals surface area contributed by atoms with Gasteiger partial charge < -0.3 is 5.11 Å². The molecule has 0 aliphatic carbocycles. The van der Waals surface area contributed by atoms with Gasteiger partial charge >= 0.3 is 0 Å². The summed E-state index contributed by atoms with van der Waals surface area (Å²) in [5, 5.41) is 28.8. The predicted molar refractivity (Wildman–Crippen MR) is 107 cm³/mol. The summed E-state index contributed by atoms with van der Waals surface area (Å²) in [5.74, 6) is -0.440. The third kappa shape index (κ3) is 4.67. The molecule has 1 aromatic heterocycles.